The van der Waals surface area contributed by atoms with Crippen molar-refractivity contribution in [2.75, 3.05) is 5.73 Å². The Hall–Kier alpha value is -2.62. The van der Waals surface area contributed by atoms with Crippen LogP contribution in [0.1, 0.15) is 11.1 Å². The average Bonchev–Trinajstić information content (AvgIpc) is 2.84. The quantitative estimate of drug-likeness (QED) is 0.746. The van der Waals surface area contributed by atoms with Crippen molar-refractivity contribution in [3.8, 4) is 22.4 Å². The lowest BCUT2D eigenvalue weighted by Gasteiger charge is -2.08. The van der Waals surface area contributed by atoms with E-state index in [2.05, 4.69) is 47.2 Å². The molecule has 0 unspecified atom stereocenters. The predicted molar refractivity (Wildman–Crippen MR) is 81.1 cm³/mol. The summed E-state index contributed by atoms with van der Waals surface area (Å²) >= 11 is 0. The van der Waals surface area contributed by atoms with Crippen LogP contribution in [-0.4, -0.2) is 15.2 Å². The lowest BCUT2D eigenvalue weighted by atomic mass is 9.97. The molecule has 0 spiro atoms. The first-order chi connectivity index (χ1) is 9.66. The fourth-order valence-corrected chi connectivity index (χ4v) is 2.36. The van der Waals surface area contributed by atoms with Gasteiger partial charge in [0.1, 0.15) is 0 Å². The van der Waals surface area contributed by atoms with Crippen LogP contribution in [-0.2, 0) is 0 Å². The highest BCUT2D eigenvalue weighted by Crippen LogP contribution is 2.35. The molecule has 0 saturated carbocycles. The van der Waals surface area contributed by atoms with Gasteiger partial charge in [0.25, 0.3) is 0 Å². The minimum atomic E-state index is 0.494. The first-order valence-corrected chi connectivity index (χ1v) is 6.48. The van der Waals surface area contributed by atoms with Crippen LogP contribution < -0.4 is 5.73 Å². The number of nitrogens with two attached hydrogens (primary N) is 1. The second-order valence-electron chi connectivity index (χ2n) is 4.92. The van der Waals surface area contributed by atoms with Gasteiger partial charge in [-0.15, -0.1) is 0 Å². The number of nitrogens with one attached hydrogen (secondary N) is 1. The van der Waals surface area contributed by atoms with Crippen molar-refractivity contribution in [3.05, 3.63) is 53.9 Å². The van der Waals surface area contributed by atoms with Crippen LogP contribution in [0.3, 0.4) is 0 Å². The SMILES string of the molecule is Cc1ccc(C)c(-c2[nH]nc(N)c2-c2cccnc2)c1. The monoisotopic (exact) mass is 264 g/mol. The lowest BCUT2D eigenvalue weighted by Crippen LogP contribution is -1.91. The number of aryl methyl sites for hydroxylation is 2. The molecule has 20 heavy (non-hydrogen) atoms. The largest absolute Gasteiger partial charge is 0.382 e. The fourth-order valence-electron chi connectivity index (χ4n) is 2.36. The number of aromatic nitrogens is 3. The third-order valence-corrected chi connectivity index (χ3v) is 3.41. The number of nitrogens with zero attached hydrogens (tertiary/aromatic N) is 2. The summed E-state index contributed by atoms with van der Waals surface area (Å²) in [4.78, 5) is 4.16. The van der Waals surface area contributed by atoms with Crippen LogP contribution in [0.15, 0.2) is 42.7 Å². The Labute approximate surface area is 117 Å². The average molecular weight is 264 g/mol. The van der Waals surface area contributed by atoms with E-state index in [1.807, 2.05) is 12.1 Å². The van der Waals surface area contributed by atoms with Gasteiger partial charge in [-0.1, -0.05) is 23.8 Å². The molecule has 0 bridgehead atoms. The minimum Gasteiger partial charge on any atom is -0.382 e. The van der Waals surface area contributed by atoms with E-state index in [-0.39, 0.29) is 0 Å². The summed E-state index contributed by atoms with van der Waals surface area (Å²) in [6.07, 6.45) is 3.55. The van der Waals surface area contributed by atoms with Crippen LogP contribution in [0.5, 0.6) is 0 Å². The number of anilines is 1. The van der Waals surface area contributed by atoms with E-state index in [0.29, 0.717) is 5.82 Å². The summed E-state index contributed by atoms with van der Waals surface area (Å²) in [6.45, 7) is 4.16. The van der Waals surface area contributed by atoms with Crippen molar-refractivity contribution >= 4 is 5.82 Å². The van der Waals surface area contributed by atoms with E-state index in [1.54, 1.807) is 12.4 Å². The summed E-state index contributed by atoms with van der Waals surface area (Å²) in [6, 6.07) is 10.2. The number of aromatic amines is 1. The zero-order chi connectivity index (χ0) is 14.1. The van der Waals surface area contributed by atoms with E-state index < -0.39 is 0 Å². The molecular formula is C16H16N4. The molecule has 2 aromatic heterocycles. The Morgan fingerprint density at radius 2 is 2.00 bits per heavy atom. The number of rotatable bonds is 2. The topological polar surface area (TPSA) is 67.6 Å². The van der Waals surface area contributed by atoms with Crippen molar-refractivity contribution in [1.82, 2.24) is 15.2 Å². The van der Waals surface area contributed by atoms with Crippen molar-refractivity contribution in [2.45, 2.75) is 13.8 Å². The first-order valence-electron chi connectivity index (χ1n) is 6.48. The molecule has 1 aromatic carbocycles. The number of hydrogen-bond donors (Lipinski definition) is 2. The molecule has 4 nitrogen and oxygen atoms in total. The second kappa shape index (κ2) is 4.81. The molecule has 0 aliphatic carbocycles. The highest BCUT2D eigenvalue weighted by molar-refractivity contribution is 5.88. The van der Waals surface area contributed by atoms with Crippen molar-refractivity contribution in [2.24, 2.45) is 0 Å². The van der Waals surface area contributed by atoms with Gasteiger partial charge >= 0.3 is 0 Å². The Kier molecular flexibility index (Phi) is 2.99. The Balaban J connectivity index is 2.24. The van der Waals surface area contributed by atoms with Crippen LogP contribution in [0.25, 0.3) is 22.4 Å². The number of nitrogen functional groups attached to an aromatic ring is 1. The number of pyridine rings is 1. The van der Waals surface area contributed by atoms with Gasteiger partial charge in [-0.2, -0.15) is 5.10 Å². The zero-order valence-electron chi connectivity index (χ0n) is 11.5. The molecule has 0 amide bonds. The maximum atomic E-state index is 6.03. The molecule has 2 heterocycles. The highest BCUT2D eigenvalue weighted by atomic mass is 15.2. The number of H-pyrrole nitrogens is 1. The van der Waals surface area contributed by atoms with E-state index >= 15 is 0 Å². The predicted octanol–water partition coefficient (Wildman–Crippen LogP) is 3.34. The van der Waals surface area contributed by atoms with Crippen LogP contribution >= 0.6 is 0 Å². The molecule has 3 aromatic rings. The van der Waals surface area contributed by atoms with Crippen LogP contribution in [0.2, 0.25) is 0 Å². The molecule has 0 radical (unpaired) electrons. The van der Waals surface area contributed by atoms with Crippen LogP contribution in [0.4, 0.5) is 5.82 Å². The molecule has 0 fully saturated rings. The van der Waals surface area contributed by atoms with E-state index in [4.69, 9.17) is 5.73 Å². The molecule has 0 atom stereocenters. The molecule has 0 aliphatic heterocycles. The summed E-state index contributed by atoms with van der Waals surface area (Å²) < 4.78 is 0. The molecule has 0 aliphatic rings. The van der Waals surface area contributed by atoms with Gasteiger partial charge in [-0.05, 0) is 31.5 Å². The Morgan fingerprint density at radius 1 is 1.15 bits per heavy atom. The molecule has 4 heteroatoms. The molecule has 100 valence electrons. The minimum absolute atomic E-state index is 0.494. The van der Waals surface area contributed by atoms with E-state index in [9.17, 15) is 0 Å². The smallest absolute Gasteiger partial charge is 0.153 e. The molecule has 0 saturated heterocycles. The van der Waals surface area contributed by atoms with Gasteiger partial charge in [0.2, 0.25) is 0 Å². The maximum absolute atomic E-state index is 6.03. The first kappa shape index (κ1) is 12.4. The maximum Gasteiger partial charge on any atom is 0.153 e. The fraction of sp³-hybridized carbons (Fsp3) is 0.125. The third-order valence-electron chi connectivity index (χ3n) is 3.41. The number of benzene rings is 1. The van der Waals surface area contributed by atoms with E-state index in [1.165, 1.54) is 11.1 Å². The molecule has 3 rings (SSSR count). The van der Waals surface area contributed by atoms with Gasteiger partial charge in [0.15, 0.2) is 5.82 Å². The molecular weight excluding hydrogens is 248 g/mol. The Morgan fingerprint density at radius 3 is 2.75 bits per heavy atom. The zero-order valence-corrected chi connectivity index (χ0v) is 11.5. The normalized spacial score (nSPS) is 10.7. The second-order valence-corrected chi connectivity index (χ2v) is 4.92. The third kappa shape index (κ3) is 2.05. The summed E-state index contributed by atoms with van der Waals surface area (Å²) in [5, 5.41) is 7.22. The van der Waals surface area contributed by atoms with Crippen molar-refractivity contribution in [1.29, 1.82) is 0 Å². The van der Waals surface area contributed by atoms with Crippen molar-refractivity contribution in [3.63, 3.8) is 0 Å². The summed E-state index contributed by atoms with van der Waals surface area (Å²) in [7, 11) is 0. The van der Waals surface area contributed by atoms with Gasteiger partial charge in [0.05, 0.1) is 11.3 Å². The van der Waals surface area contributed by atoms with Crippen LogP contribution in [0, 0.1) is 13.8 Å². The molecule has 3 N–H and O–H groups in total. The summed E-state index contributed by atoms with van der Waals surface area (Å²) in [5.74, 6) is 0.494. The Bertz CT molecular complexity index is 744. The van der Waals surface area contributed by atoms with Crippen molar-refractivity contribution < 1.29 is 0 Å². The number of hydrogen-bond acceptors (Lipinski definition) is 3. The highest BCUT2D eigenvalue weighted by Gasteiger charge is 2.16. The summed E-state index contributed by atoms with van der Waals surface area (Å²) in [5.41, 5.74) is 12.4. The van der Waals surface area contributed by atoms with Gasteiger partial charge in [-0.25, -0.2) is 0 Å². The van der Waals surface area contributed by atoms with Gasteiger partial charge in [0, 0.05) is 23.5 Å². The van der Waals surface area contributed by atoms with Gasteiger partial charge < -0.3 is 5.73 Å². The lowest BCUT2D eigenvalue weighted by molar-refractivity contribution is 1.10. The van der Waals surface area contributed by atoms with Gasteiger partial charge in [-0.3, -0.25) is 10.1 Å². The van der Waals surface area contributed by atoms with E-state index in [0.717, 1.165) is 22.4 Å². The standard InChI is InChI=1S/C16H16N4/c1-10-5-6-11(2)13(8-10)15-14(16(17)20-19-15)12-4-3-7-18-9-12/h3-9H,1-2H3,(H3,17,19,20).